The highest BCUT2D eigenvalue weighted by atomic mass is 16.4. The molecule has 0 aromatic heterocycles. The first kappa shape index (κ1) is 21.7. The molecule has 0 radical (unpaired) electrons. The minimum atomic E-state index is -2.12. The molecule has 32 heavy (non-hydrogen) atoms. The van der Waals surface area contributed by atoms with E-state index in [0.29, 0.717) is 17.5 Å². The lowest BCUT2D eigenvalue weighted by Gasteiger charge is -2.50. The lowest BCUT2D eigenvalue weighted by molar-refractivity contribution is -0.169. The number of aliphatic hydroxyl groups excluding tert-OH is 1. The predicted molar refractivity (Wildman–Crippen MR) is 118 cm³/mol. The number of carbonyl (C=O) groups excluding carboxylic acids is 1. The van der Waals surface area contributed by atoms with E-state index in [9.17, 15) is 29.7 Å². The molecule has 2 aromatic rings. The van der Waals surface area contributed by atoms with Crippen molar-refractivity contribution in [2.24, 2.45) is 11.3 Å². The van der Waals surface area contributed by atoms with Crippen LogP contribution in [0.1, 0.15) is 29.5 Å². The number of aliphatic hydroxyl groups is 1. The van der Waals surface area contributed by atoms with Gasteiger partial charge in [0.1, 0.15) is 10.8 Å². The van der Waals surface area contributed by atoms with Crippen LogP contribution in [0.15, 0.2) is 67.3 Å². The van der Waals surface area contributed by atoms with Crippen molar-refractivity contribution >= 4 is 17.7 Å². The van der Waals surface area contributed by atoms with Crippen LogP contribution in [-0.4, -0.2) is 39.6 Å². The SMILES string of the molecule is C=CC(=O)C1CC=CC(CCO)(C(=O)O)C1(C(=O)O)c1cccc2c1Cc1ccccc1-2. The van der Waals surface area contributed by atoms with Crippen LogP contribution in [0.25, 0.3) is 11.1 Å². The van der Waals surface area contributed by atoms with Crippen LogP contribution >= 0.6 is 0 Å². The van der Waals surface area contributed by atoms with Gasteiger partial charge in [0.25, 0.3) is 0 Å². The van der Waals surface area contributed by atoms with Crippen LogP contribution in [-0.2, 0) is 26.2 Å². The first-order valence-electron chi connectivity index (χ1n) is 10.5. The molecule has 0 bridgehead atoms. The summed E-state index contributed by atoms with van der Waals surface area (Å²) >= 11 is 0. The molecule has 2 aliphatic carbocycles. The molecule has 0 heterocycles. The second-order valence-electron chi connectivity index (χ2n) is 8.33. The number of fused-ring (bicyclic) bond motifs is 3. The van der Waals surface area contributed by atoms with E-state index in [4.69, 9.17) is 0 Å². The number of aliphatic carboxylic acids is 2. The van der Waals surface area contributed by atoms with Crippen molar-refractivity contribution in [1.29, 1.82) is 0 Å². The van der Waals surface area contributed by atoms with Gasteiger partial charge >= 0.3 is 11.9 Å². The molecule has 0 aliphatic heterocycles. The lowest BCUT2D eigenvalue weighted by Crippen LogP contribution is -2.62. The van der Waals surface area contributed by atoms with Gasteiger partial charge in [0.15, 0.2) is 5.78 Å². The van der Waals surface area contributed by atoms with E-state index in [2.05, 4.69) is 6.58 Å². The monoisotopic (exact) mass is 432 g/mol. The molecule has 3 unspecified atom stereocenters. The van der Waals surface area contributed by atoms with Gasteiger partial charge in [-0.1, -0.05) is 61.2 Å². The normalized spacial score (nSPS) is 25.6. The molecule has 3 atom stereocenters. The van der Waals surface area contributed by atoms with Crippen molar-refractivity contribution in [3.63, 3.8) is 0 Å². The van der Waals surface area contributed by atoms with Gasteiger partial charge < -0.3 is 15.3 Å². The van der Waals surface area contributed by atoms with Crippen LogP contribution in [0.4, 0.5) is 0 Å². The summed E-state index contributed by atoms with van der Waals surface area (Å²) in [5.41, 5.74) is -0.312. The maximum absolute atomic E-state index is 13.2. The van der Waals surface area contributed by atoms with Crippen molar-refractivity contribution in [3.05, 3.63) is 84.0 Å². The summed E-state index contributed by atoms with van der Waals surface area (Å²) in [5, 5.41) is 31.0. The molecule has 4 rings (SSSR count). The zero-order valence-corrected chi connectivity index (χ0v) is 17.5. The van der Waals surface area contributed by atoms with E-state index in [1.807, 2.05) is 30.3 Å². The molecular formula is C26H24O6. The topological polar surface area (TPSA) is 112 Å². The number of carboxylic acid groups (broad SMARTS) is 2. The fourth-order valence-corrected chi connectivity index (χ4v) is 5.71. The third-order valence-electron chi connectivity index (χ3n) is 7.05. The molecule has 6 heteroatoms. The summed E-state index contributed by atoms with van der Waals surface area (Å²) in [4.78, 5) is 39.0. The van der Waals surface area contributed by atoms with Crippen LogP contribution < -0.4 is 0 Å². The summed E-state index contributed by atoms with van der Waals surface area (Å²) in [7, 11) is 0. The summed E-state index contributed by atoms with van der Waals surface area (Å²) < 4.78 is 0. The number of rotatable bonds is 7. The number of carbonyl (C=O) groups is 3. The second-order valence-corrected chi connectivity index (χ2v) is 8.33. The summed E-state index contributed by atoms with van der Waals surface area (Å²) in [6.45, 7) is 2.99. The first-order valence-corrected chi connectivity index (χ1v) is 10.5. The lowest BCUT2D eigenvalue weighted by atomic mass is 9.48. The van der Waals surface area contributed by atoms with E-state index >= 15 is 0 Å². The number of carboxylic acids is 2. The highest BCUT2D eigenvalue weighted by molar-refractivity contribution is 6.03. The van der Waals surface area contributed by atoms with E-state index in [1.165, 1.54) is 12.2 Å². The average Bonchev–Trinajstić information content (AvgIpc) is 3.17. The molecule has 164 valence electrons. The number of hydrogen-bond acceptors (Lipinski definition) is 4. The fraction of sp³-hybridized carbons (Fsp3) is 0.269. The molecule has 0 saturated carbocycles. The smallest absolute Gasteiger partial charge is 0.316 e. The molecule has 0 spiro atoms. The molecule has 3 N–H and O–H groups in total. The van der Waals surface area contributed by atoms with Crippen molar-refractivity contribution in [3.8, 4) is 11.1 Å². The van der Waals surface area contributed by atoms with E-state index < -0.39 is 41.1 Å². The van der Waals surface area contributed by atoms with Gasteiger partial charge in [-0.3, -0.25) is 14.4 Å². The standard InChI is InChI=1S/C26H24O6/c1-2-22(28)21-11-6-12-25(13-14-27,23(29)30)26(21,24(31)32)20-10-5-9-18-17-8-4-3-7-16(17)15-19(18)20/h2-10,12,21,27H,1,11,13-15H2,(H,29,30)(H,31,32). The molecular weight excluding hydrogens is 408 g/mol. The fourth-order valence-electron chi connectivity index (χ4n) is 5.71. The summed E-state index contributed by atoms with van der Waals surface area (Å²) in [5.74, 6) is -4.50. The van der Waals surface area contributed by atoms with Gasteiger partial charge in [0, 0.05) is 12.5 Å². The van der Waals surface area contributed by atoms with Gasteiger partial charge in [-0.15, -0.1) is 0 Å². The van der Waals surface area contributed by atoms with Crippen LogP contribution in [0, 0.1) is 11.3 Å². The molecule has 2 aliphatic rings. The Kier molecular flexibility index (Phi) is 5.34. The zero-order chi connectivity index (χ0) is 23.1. The largest absolute Gasteiger partial charge is 0.481 e. The van der Waals surface area contributed by atoms with Crippen molar-refractivity contribution in [1.82, 2.24) is 0 Å². The van der Waals surface area contributed by atoms with Crippen LogP contribution in [0.3, 0.4) is 0 Å². The molecule has 6 nitrogen and oxygen atoms in total. The van der Waals surface area contributed by atoms with Crippen molar-refractivity contribution < 1.29 is 29.7 Å². The van der Waals surface area contributed by atoms with E-state index in [-0.39, 0.29) is 12.8 Å². The van der Waals surface area contributed by atoms with Crippen LogP contribution in [0.2, 0.25) is 0 Å². The van der Waals surface area contributed by atoms with Crippen LogP contribution in [0.5, 0.6) is 0 Å². The van der Waals surface area contributed by atoms with Gasteiger partial charge in [0.2, 0.25) is 0 Å². The number of benzene rings is 2. The highest BCUT2D eigenvalue weighted by Crippen LogP contribution is 2.57. The molecule has 2 aromatic carbocycles. The van der Waals surface area contributed by atoms with E-state index in [0.717, 1.165) is 22.8 Å². The van der Waals surface area contributed by atoms with E-state index in [1.54, 1.807) is 12.1 Å². The summed E-state index contributed by atoms with van der Waals surface area (Å²) in [6, 6.07) is 12.9. The molecule has 0 saturated heterocycles. The maximum atomic E-state index is 13.2. The minimum Gasteiger partial charge on any atom is -0.481 e. The predicted octanol–water partition coefficient (Wildman–Crippen LogP) is 3.36. The summed E-state index contributed by atoms with van der Waals surface area (Å²) in [6.07, 6.45) is 4.11. The highest BCUT2D eigenvalue weighted by Gasteiger charge is 2.67. The number of hydrogen-bond donors (Lipinski definition) is 3. The minimum absolute atomic E-state index is 0.0637. The first-order chi connectivity index (χ1) is 15.3. The average molecular weight is 432 g/mol. The Bertz CT molecular complexity index is 1160. The quantitative estimate of drug-likeness (QED) is 0.390. The Morgan fingerprint density at radius 3 is 2.41 bits per heavy atom. The molecule has 0 fully saturated rings. The van der Waals surface area contributed by atoms with Gasteiger partial charge in [0.05, 0.1) is 0 Å². The van der Waals surface area contributed by atoms with Crippen molar-refractivity contribution in [2.45, 2.75) is 24.7 Å². The second kappa shape index (κ2) is 7.88. The third kappa shape index (κ3) is 2.72. The Labute approximate surface area is 185 Å². The number of ketones is 1. The van der Waals surface area contributed by atoms with Gasteiger partial charge in [-0.25, -0.2) is 0 Å². The Morgan fingerprint density at radius 1 is 1.03 bits per heavy atom. The number of allylic oxidation sites excluding steroid dienone is 2. The Hall–Kier alpha value is -3.51. The van der Waals surface area contributed by atoms with Crippen molar-refractivity contribution in [2.75, 3.05) is 6.61 Å². The van der Waals surface area contributed by atoms with Gasteiger partial charge in [-0.2, -0.15) is 0 Å². The molecule has 0 amide bonds. The van der Waals surface area contributed by atoms with Gasteiger partial charge in [-0.05, 0) is 53.2 Å². The third-order valence-corrected chi connectivity index (χ3v) is 7.05. The zero-order valence-electron chi connectivity index (χ0n) is 17.5. The Balaban J connectivity index is 2.12. The Morgan fingerprint density at radius 2 is 1.75 bits per heavy atom. The maximum Gasteiger partial charge on any atom is 0.316 e.